The number of likely N-dealkylation sites (tertiary alicyclic amines) is 1. The SMILES string of the molecule is Cn1c2ccccc2c2cc(C(=O)NCC3CCC4(CCN(C(=O)c5ccoc5)CC4)O3)ccc21. The summed E-state index contributed by atoms with van der Waals surface area (Å²) < 4.78 is 13.7. The third kappa shape index (κ3) is 3.90. The molecule has 180 valence electrons. The van der Waals surface area contributed by atoms with Gasteiger partial charge in [0, 0.05) is 54.1 Å². The number of nitrogens with one attached hydrogen (secondary N) is 1. The summed E-state index contributed by atoms with van der Waals surface area (Å²) in [6.07, 6.45) is 6.53. The van der Waals surface area contributed by atoms with Crippen molar-refractivity contribution in [2.45, 2.75) is 37.4 Å². The van der Waals surface area contributed by atoms with E-state index >= 15 is 0 Å². The van der Waals surface area contributed by atoms with Gasteiger partial charge in [0.2, 0.25) is 0 Å². The van der Waals surface area contributed by atoms with Crippen LogP contribution >= 0.6 is 0 Å². The van der Waals surface area contributed by atoms with E-state index < -0.39 is 0 Å². The Bertz CT molecular complexity index is 1400. The second-order valence-corrected chi connectivity index (χ2v) is 9.78. The molecule has 1 atom stereocenters. The fraction of sp³-hybridized carbons (Fsp3) is 0.357. The lowest BCUT2D eigenvalue weighted by Crippen LogP contribution is -2.47. The van der Waals surface area contributed by atoms with Gasteiger partial charge >= 0.3 is 0 Å². The van der Waals surface area contributed by atoms with Gasteiger partial charge in [-0.2, -0.15) is 0 Å². The van der Waals surface area contributed by atoms with E-state index in [0.29, 0.717) is 30.8 Å². The minimum atomic E-state index is -0.190. The maximum atomic E-state index is 13.0. The van der Waals surface area contributed by atoms with Crippen molar-refractivity contribution >= 4 is 33.6 Å². The number of carbonyl (C=O) groups excluding carboxylic acids is 2. The van der Waals surface area contributed by atoms with Gasteiger partial charge in [0.15, 0.2) is 0 Å². The van der Waals surface area contributed by atoms with Crippen molar-refractivity contribution in [2.24, 2.45) is 7.05 Å². The molecule has 7 heteroatoms. The minimum absolute atomic E-state index is 0.00337. The molecule has 35 heavy (non-hydrogen) atoms. The number of aryl methyl sites for hydroxylation is 1. The van der Waals surface area contributed by atoms with E-state index in [2.05, 4.69) is 29.1 Å². The van der Waals surface area contributed by atoms with Crippen LogP contribution in [0.5, 0.6) is 0 Å². The summed E-state index contributed by atoms with van der Waals surface area (Å²) in [4.78, 5) is 27.4. The first kappa shape index (κ1) is 21.9. The largest absolute Gasteiger partial charge is 0.472 e. The standard InChI is InChI=1S/C28H29N3O4/c1-30-24-5-3-2-4-22(24)23-16-19(6-7-25(23)30)26(32)29-17-21-8-10-28(35-21)11-13-31(14-12-28)27(33)20-9-15-34-18-20/h2-7,9,15-16,18,21H,8,10-14,17H2,1H3,(H,29,32). The molecule has 2 saturated heterocycles. The molecule has 1 spiro atoms. The Morgan fingerprint density at radius 3 is 2.60 bits per heavy atom. The Morgan fingerprint density at radius 1 is 1.00 bits per heavy atom. The van der Waals surface area contributed by atoms with Crippen LogP contribution in [0, 0.1) is 0 Å². The van der Waals surface area contributed by atoms with Crippen molar-refractivity contribution in [3.63, 3.8) is 0 Å². The van der Waals surface area contributed by atoms with Crippen LogP contribution in [-0.2, 0) is 11.8 Å². The zero-order valence-electron chi connectivity index (χ0n) is 19.8. The highest BCUT2D eigenvalue weighted by molar-refractivity contribution is 6.10. The summed E-state index contributed by atoms with van der Waals surface area (Å²) in [5.41, 5.74) is 3.33. The highest BCUT2D eigenvalue weighted by Gasteiger charge is 2.43. The predicted octanol–water partition coefficient (Wildman–Crippen LogP) is 4.51. The van der Waals surface area contributed by atoms with Crippen LogP contribution < -0.4 is 5.32 Å². The van der Waals surface area contributed by atoms with Crippen molar-refractivity contribution in [2.75, 3.05) is 19.6 Å². The Morgan fingerprint density at radius 2 is 1.80 bits per heavy atom. The number of furan rings is 1. The van der Waals surface area contributed by atoms with Crippen LogP contribution in [0.15, 0.2) is 65.5 Å². The lowest BCUT2D eigenvalue weighted by molar-refractivity contribution is -0.0712. The number of para-hydroxylation sites is 1. The molecular formula is C28H29N3O4. The lowest BCUT2D eigenvalue weighted by Gasteiger charge is -2.39. The maximum absolute atomic E-state index is 13.0. The zero-order valence-corrected chi connectivity index (χ0v) is 19.8. The summed E-state index contributed by atoms with van der Waals surface area (Å²) in [6, 6.07) is 15.8. The first-order valence-electron chi connectivity index (χ1n) is 12.3. The third-order valence-corrected chi connectivity index (χ3v) is 7.73. The van der Waals surface area contributed by atoms with E-state index in [1.54, 1.807) is 6.07 Å². The van der Waals surface area contributed by atoms with Gasteiger partial charge in [-0.1, -0.05) is 18.2 Å². The molecule has 2 aliphatic rings. The second-order valence-electron chi connectivity index (χ2n) is 9.78. The molecule has 2 aliphatic heterocycles. The minimum Gasteiger partial charge on any atom is -0.472 e. The van der Waals surface area contributed by atoms with Gasteiger partial charge in [-0.3, -0.25) is 9.59 Å². The zero-order chi connectivity index (χ0) is 24.0. The van der Waals surface area contributed by atoms with E-state index in [9.17, 15) is 9.59 Å². The number of amides is 2. The number of aromatic nitrogens is 1. The monoisotopic (exact) mass is 471 g/mol. The summed E-state index contributed by atoms with van der Waals surface area (Å²) in [7, 11) is 2.05. The lowest BCUT2D eigenvalue weighted by atomic mass is 9.88. The van der Waals surface area contributed by atoms with E-state index in [0.717, 1.165) is 47.5 Å². The van der Waals surface area contributed by atoms with Crippen molar-refractivity contribution in [3.05, 3.63) is 72.2 Å². The van der Waals surface area contributed by atoms with E-state index in [-0.39, 0.29) is 23.5 Å². The van der Waals surface area contributed by atoms with Crippen LogP contribution in [0.4, 0.5) is 0 Å². The molecule has 2 aromatic heterocycles. The highest BCUT2D eigenvalue weighted by Crippen LogP contribution is 2.39. The van der Waals surface area contributed by atoms with Crippen LogP contribution in [-0.4, -0.2) is 52.6 Å². The fourth-order valence-electron chi connectivity index (χ4n) is 5.71. The van der Waals surface area contributed by atoms with Gasteiger partial charge in [-0.05, 0) is 56.0 Å². The Kier molecular flexibility index (Phi) is 5.37. The molecule has 1 unspecified atom stereocenters. The molecule has 7 nitrogen and oxygen atoms in total. The first-order chi connectivity index (χ1) is 17.0. The number of benzene rings is 2. The summed E-state index contributed by atoms with van der Waals surface area (Å²) >= 11 is 0. The molecule has 2 fully saturated rings. The van der Waals surface area contributed by atoms with Crippen molar-refractivity contribution in [1.82, 2.24) is 14.8 Å². The number of hydrogen-bond acceptors (Lipinski definition) is 4. The van der Waals surface area contributed by atoms with Crippen molar-refractivity contribution < 1.29 is 18.7 Å². The number of carbonyl (C=O) groups is 2. The van der Waals surface area contributed by atoms with Gasteiger partial charge < -0.3 is 23.9 Å². The van der Waals surface area contributed by atoms with Gasteiger partial charge in [0.05, 0.1) is 23.5 Å². The average molecular weight is 472 g/mol. The first-order valence-corrected chi connectivity index (χ1v) is 12.3. The molecule has 2 amide bonds. The normalized spacial score (nSPS) is 19.6. The summed E-state index contributed by atoms with van der Waals surface area (Å²) in [5.74, 6) is -0.0662. The van der Waals surface area contributed by atoms with Gasteiger partial charge in [0.1, 0.15) is 6.26 Å². The molecule has 4 heterocycles. The number of rotatable bonds is 4. The van der Waals surface area contributed by atoms with Gasteiger partial charge in [0.25, 0.3) is 11.8 Å². The Balaban J connectivity index is 1.07. The molecule has 0 bridgehead atoms. The topological polar surface area (TPSA) is 76.7 Å². The molecule has 0 radical (unpaired) electrons. The number of fused-ring (bicyclic) bond motifs is 3. The van der Waals surface area contributed by atoms with Gasteiger partial charge in [-0.25, -0.2) is 0 Å². The van der Waals surface area contributed by atoms with Crippen molar-refractivity contribution in [3.8, 4) is 0 Å². The quantitative estimate of drug-likeness (QED) is 0.475. The number of hydrogen-bond donors (Lipinski definition) is 1. The smallest absolute Gasteiger partial charge is 0.257 e. The van der Waals surface area contributed by atoms with E-state index in [4.69, 9.17) is 9.15 Å². The molecule has 6 rings (SSSR count). The van der Waals surface area contributed by atoms with E-state index in [1.807, 2.05) is 35.2 Å². The number of piperidine rings is 1. The van der Waals surface area contributed by atoms with Crippen LogP contribution in [0.2, 0.25) is 0 Å². The van der Waals surface area contributed by atoms with Crippen LogP contribution in [0.3, 0.4) is 0 Å². The molecular weight excluding hydrogens is 442 g/mol. The van der Waals surface area contributed by atoms with Gasteiger partial charge in [-0.15, -0.1) is 0 Å². The summed E-state index contributed by atoms with van der Waals surface area (Å²) in [6.45, 7) is 1.84. The van der Waals surface area contributed by atoms with Crippen molar-refractivity contribution in [1.29, 1.82) is 0 Å². The van der Waals surface area contributed by atoms with Crippen LogP contribution in [0.1, 0.15) is 46.4 Å². The fourth-order valence-corrected chi connectivity index (χ4v) is 5.71. The molecule has 0 saturated carbocycles. The third-order valence-electron chi connectivity index (χ3n) is 7.73. The second kappa shape index (κ2) is 8.57. The number of ether oxygens (including phenoxy) is 1. The summed E-state index contributed by atoms with van der Waals surface area (Å²) in [5, 5.41) is 5.32. The number of nitrogens with zero attached hydrogens (tertiary/aromatic N) is 2. The molecule has 2 aromatic carbocycles. The average Bonchev–Trinajstić information content (AvgIpc) is 3.63. The van der Waals surface area contributed by atoms with E-state index in [1.165, 1.54) is 12.5 Å². The highest BCUT2D eigenvalue weighted by atomic mass is 16.5. The molecule has 1 N–H and O–H groups in total. The molecule has 4 aromatic rings. The predicted molar refractivity (Wildman–Crippen MR) is 133 cm³/mol. The molecule has 0 aliphatic carbocycles. The Hall–Kier alpha value is -3.58. The maximum Gasteiger partial charge on any atom is 0.257 e. The van der Waals surface area contributed by atoms with Crippen LogP contribution in [0.25, 0.3) is 21.8 Å². The Labute approximate surface area is 203 Å².